The van der Waals surface area contributed by atoms with E-state index in [0.29, 0.717) is 24.6 Å². The van der Waals surface area contributed by atoms with Crippen molar-refractivity contribution in [3.8, 4) is 5.75 Å². The van der Waals surface area contributed by atoms with E-state index >= 15 is 0 Å². The Kier molecular flexibility index (Phi) is 5.93. The molecule has 7 heteroatoms. The van der Waals surface area contributed by atoms with Gasteiger partial charge < -0.3 is 9.64 Å². The highest BCUT2D eigenvalue weighted by molar-refractivity contribution is 7.92. The van der Waals surface area contributed by atoms with Gasteiger partial charge in [-0.2, -0.15) is 0 Å². The first-order valence-corrected chi connectivity index (χ1v) is 11.3. The molecule has 0 aliphatic carbocycles. The highest BCUT2D eigenvalue weighted by Crippen LogP contribution is 2.30. The van der Waals surface area contributed by atoms with Crippen molar-refractivity contribution in [3.63, 3.8) is 0 Å². The maximum absolute atomic E-state index is 13.3. The molecule has 1 aliphatic heterocycles. The third-order valence-corrected chi connectivity index (χ3v) is 6.09. The number of benzene rings is 2. The van der Waals surface area contributed by atoms with Crippen molar-refractivity contribution in [2.24, 2.45) is 0 Å². The van der Waals surface area contributed by atoms with Crippen LogP contribution in [0.3, 0.4) is 0 Å². The van der Waals surface area contributed by atoms with Crippen LogP contribution in [0.1, 0.15) is 25.8 Å². The van der Waals surface area contributed by atoms with Crippen molar-refractivity contribution in [1.29, 1.82) is 0 Å². The predicted molar refractivity (Wildman–Crippen MR) is 112 cm³/mol. The number of aryl methyl sites for hydroxylation is 1. The van der Waals surface area contributed by atoms with Gasteiger partial charge >= 0.3 is 0 Å². The highest BCUT2D eigenvalue weighted by atomic mass is 32.2. The van der Waals surface area contributed by atoms with Gasteiger partial charge in [-0.15, -0.1) is 0 Å². The second-order valence-corrected chi connectivity index (χ2v) is 8.74. The monoisotopic (exact) mass is 402 g/mol. The summed E-state index contributed by atoms with van der Waals surface area (Å²) in [6, 6.07) is 13.7. The number of nitrogens with zero attached hydrogens (tertiary/aromatic N) is 2. The molecule has 0 N–H and O–H groups in total. The minimum Gasteiger partial charge on any atom is -0.494 e. The summed E-state index contributed by atoms with van der Waals surface area (Å²) in [5.74, 6) is 0.426. The summed E-state index contributed by atoms with van der Waals surface area (Å²) in [5, 5.41) is 0. The molecule has 0 fully saturated rings. The third-order valence-electron chi connectivity index (χ3n) is 4.84. The van der Waals surface area contributed by atoms with Gasteiger partial charge in [0.2, 0.25) is 10.0 Å². The number of para-hydroxylation sites is 1. The van der Waals surface area contributed by atoms with Gasteiger partial charge in [0.25, 0.3) is 5.91 Å². The van der Waals surface area contributed by atoms with Gasteiger partial charge in [-0.25, -0.2) is 8.42 Å². The Bertz CT molecular complexity index is 941. The molecule has 150 valence electrons. The smallest absolute Gasteiger partial charge is 0.250 e. The number of hydrogen-bond donors (Lipinski definition) is 0. The summed E-state index contributed by atoms with van der Waals surface area (Å²) in [4.78, 5) is 15.0. The topological polar surface area (TPSA) is 66.9 Å². The molecule has 0 unspecified atom stereocenters. The molecular weight excluding hydrogens is 376 g/mol. The average molecular weight is 403 g/mol. The lowest BCUT2D eigenvalue weighted by Crippen LogP contribution is -2.50. The second kappa shape index (κ2) is 8.22. The van der Waals surface area contributed by atoms with E-state index in [1.807, 2.05) is 31.2 Å². The molecule has 0 spiro atoms. The standard InChI is InChI=1S/C21H26N2O4S/c1-4-27-19-13-11-18(12-14-19)23(28(3,25)26)16(2)21(24)22-15-7-9-17-8-5-6-10-20(17)22/h5-6,8,10-14,16H,4,7,9,15H2,1-3H3/t16-/m1/s1. The largest absolute Gasteiger partial charge is 0.494 e. The number of hydrogen-bond acceptors (Lipinski definition) is 4. The Morgan fingerprint density at radius 1 is 1.18 bits per heavy atom. The van der Waals surface area contributed by atoms with Gasteiger partial charge in [0.1, 0.15) is 11.8 Å². The van der Waals surface area contributed by atoms with E-state index in [4.69, 9.17) is 4.74 Å². The number of sulfonamides is 1. The second-order valence-electron chi connectivity index (χ2n) is 6.88. The summed E-state index contributed by atoms with van der Waals surface area (Å²) < 4.78 is 31.7. The number of anilines is 2. The zero-order valence-corrected chi connectivity index (χ0v) is 17.3. The number of fused-ring (bicyclic) bond motifs is 1. The maximum atomic E-state index is 13.3. The van der Waals surface area contributed by atoms with Crippen LogP contribution < -0.4 is 13.9 Å². The molecule has 1 amide bonds. The van der Waals surface area contributed by atoms with Crippen LogP contribution in [0.2, 0.25) is 0 Å². The Labute approximate surface area is 166 Å². The lowest BCUT2D eigenvalue weighted by molar-refractivity contribution is -0.119. The first-order chi connectivity index (χ1) is 13.3. The van der Waals surface area contributed by atoms with Gasteiger partial charge in [0.05, 0.1) is 18.6 Å². The van der Waals surface area contributed by atoms with Gasteiger partial charge in [-0.3, -0.25) is 9.10 Å². The molecule has 1 heterocycles. The van der Waals surface area contributed by atoms with Crippen LogP contribution in [-0.2, 0) is 21.2 Å². The van der Waals surface area contributed by atoms with Crippen LogP contribution in [0.15, 0.2) is 48.5 Å². The zero-order valence-electron chi connectivity index (χ0n) is 16.5. The lowest BCUT2D eigenvalue weighted by Gasteiger charge is -2.35. The molecule has 0 bridgehead atoms. The molecule has 2 aromatic rings. The van der Waals surface area contributed by atoms with E-state index in [0.717, 1.165) is 30.3 Å². The fraction of sp³-hybridized carbons (Fsp3) is 0.381. The Hall–Kier alpha value is -2.54. The number of rotatable bonds is 6. The number of carbonyl (C=O) groups excluding carboxylic acids is 1. The number of carbonyl (C=O) groups is 1. The van der Waals surface area contributed by atoms with E-state index in [1.54, 1.807) is 36.1 Å². The van der Waals surface area contributed by atoms with Crippen molar-refractivity contribution < 1.29 is 17.9 Å². The van der Waals surface area contributed by atoms with E-state index in [1.165, 1.54) is 4.31 Å². The Morgan fingerprint density at radius 2 is 1.86 bits per heavy atom. The van der Waals surface area contributed by atoms with Crippen LogP contribution >= 0.6 is 0 Å². The van der Waals surface area contributed by atoms with Crippen LogP contribution in [-0.4, -0.2) is 39.8 Å². The lowest BCUT2D eigenvalue weighted by atomic mass is 10.0. The molecule has 0 radical (unpaired) electrons. The van der Waals surface area contributed by atoms with Crippen molar-refractivity contribution >= 4 is 27.3 Å². The zero-order chi connectivity index (χ0) is 20.3. The SMILES string of the molecule is CCOc1ccc(N([C@H](C)C(=O)N2CCCc3ccccc32)S(C)(=O)=O)cc1. The molecule has 1 aliphatic rings. The maximum Gasteiger partial charge on any atom is 0.250 e. The Balaban J connectivity index is 1.92. The summed E-state index contributed by atoms with van der Waals surface area (Å²) in [6.07, 6.45) is 2.90. The normalized spacial score (nSPS) is 14.9. The molecule has 6 nitrogen and oxygen atoms in total. The summed E-state index contributed by atoms with van der Waals surface area (Å²) in [5.41, 5.74) is 2.42. The minimum atomic E-state index is -3.66. The van der Waals surface area contributed by atoms with Gasteiger partial charge in [-0.1, -0.05) is 18.2 Å². The average Bonchev–Trinajstić information content (AvgIpc) is 2.67. The van der Waals surface area contributed by atoms with Crippen LogP contribution in [0, 0.1) is 0 Å². The third kappa shape index (κ3) is 4.14. The number of amides is 1. The van der Waals surface area contributed by atoms with Crippen LogP contribution in [0.5, 0.6) is 5.75 Å². The highest BCUT2D eigenvalue weighted by Gasteiger charge is 2.34. The van der Waals surface area contributed by atoms with Crippen LogP contribution in [0.4, 0.5) is 11.4 Å². The first-order valence-electron chi connectivity index (χ1n) is 9.44. The van der Waals surface area contributed by atoms with E-state index in [-0.39, 0.29) is 5.91 Å². The van der Waals surface area contributed by atoms with E-state index < -0.39 is 16.1 Å². The molecule has 0 saturated carbocycles. The quantitative estimate of drug-likeness (QED) is 0.744. The van der Waals surface area contributed by atoms with Crippen molar-refractivity contribution in [3.05, 3.63) is 54.1 Å². The molecule has 0 aromatic heterocycles. The molecular formula is C21H26N2O4S. The summed E-state index contributed by atoms with van der Waals surface area (Å²) in [6.45, 7) is 4.63. The van der Waals surface area contributed by atoms with Gasteiger partial charge in [0.15, 0.2) is 0 Å². The predicted octanol–water partition coefficient (Wildman–Crippen LogP) is 3.22. The summed E-state index contributed by atoms with van der Waals surface area (Å²) >= 11 is 0. The molecule has 1 atom stereocenters. The molecule has 2 aromatic carbocycles. The van der Waals surface area contributed by atoms with Crippen molar-refractivity contribution in [2.45, 2.75) is 32.7 Å². The van der Waals surface area contributed by atoms with Crippen molar-refractivity contribution in [1.82, 2.24) is 0 Å². The van der Waals surface area contributed by atoms with Gasteiger partial charge in [0, 0.05) is 12.2 Å². The molecule has 0 saturated heterocycles. The minimum absolute atomic E-state index is 0.230. The van der Waals surface area contributed by atoms with Crippen LogP contribution in [0.25, 0.3) is 0 Å². The first kappa shape index (κ1) is 20.2. The molecule has 3 rings (SSSR count). The molecule has 28 heavy (non-hydrogen) atoms. The van der Waals surface area contributed by atoms with E-state index in [9.17, 15) is 13.2 Å². The fourth-order valence-electron chi connectivity index (χ4n) is 3.65. The Morgan fingerprint density at radius 3 is 2.50 bits per heavy atom. The van der Waals surface area contributed by atoms with Crippen molar-refractivity contribution in [2.75, 3.05) is 28.6 Å². The van der Waals surface area contributed by atoms with E-state index in [2.05, 4.69) is 0 Å². The summed E-state index contributed by atoms with van der Waals surface area (Å²) in [7, 11) is -3.66. The number of ether oxygens (including phenoxy) is 1. The van der Waals surface area contributed by atoms with Gasteiger partial charge in [-0.05, 0) is 62.6 Å². The fourth-order valence-corrected chi connectivity index (χ4v) is 4.82.